The second kappa shape index (κ2) is 7.58. The summed E-state index contributed by atoms with van der Waals surface area (Å²) in [6.45, 7) is 1.26. The molecule has 0 amide bonds. The fourth-order valence-corrected chi connectivity index (χ4v) is 2.32. The Hall–Kier alpha value is -0.970. The highest BCUT2D eigenvalue weighted by atomic mass is 32.2. The molecule has 0 heterocycles. The fraction of sp³-hybridized carbons (Fsp3) is 0.500. The minimum absolute atomic E-state index is 0.113. The maximum atomic E-state index is 13.2. The van der Waals surface area contributed by atoms with Gasteiger partial charge in [-0.05, 0) is 12.8 Å². The van der Waals surface area contributed by atoms with Gasteiger partial charge < -0.3 is 0 Å². The smallest absolute Gasteiger partial charge is 0.278 e. The molecular weight excluding hydrogens is 273 g/mol. The predicted octanol–water partition coefficient (Wildman–Crippen LogP) is 4.72. The summed E-state index contributed by atoms with van der Waals surface area (Å²) in [5.41, 5.74) is 0.572. The van der Waals surface area contributed by atoms with Crippen LogP contribution in [0.4, 0.5) is 13.2 Å². The van der Waals surface area contributed by atoms with Crippen LogP contribution in [-0.4, -0.2) is 23.0 Å². The van der Waals surface area contributed by atoms with E-state index in [1.165, 1.54) is 6.92 Å². The van der Waals surface area contributed by atoms with Gasteiger partial charge in [0.25, 0.3) is 5.92 Å². The molecule has 0 aliphatic heterocycles. The molecule has 0 aliphatic carbocycles. The third kappa shape index (κ3) is 5.27. The van der Waals surface area contributed by atoms with Crippen molar-refractivity contribution < 1.29 is 18.0 Å². The first kappa shape index (κ1) is 16.1. The van der Waals surface area contributed by atoms with Crippen LogP contribution in [0.15, 0.2) is 30.3 Å². The van der Waals surface area contributed by atoms with E-state index in [9.17, 15) is 18.0 Å². The second-order valence-electron chi connectivity index (χ2n) is 4.23. The van der Waals surface area contributed by atoms with Crippen molar-refractivity contribution in [2.45, 2.75) is 38.3 Å². The molecule has 19 heavy (non-hydrogen) atoms. The molecule has 0 aliphatic rings. The minimum atomic E-state index is -3.26. The first-order valence-electron chi connectivity index (χ1n) is 6.21. The third-order valence-electron chi connectivity index (χ3n) is 2.77. The van der Waals surface area contributed by atoms with E-state index in [2.05, 4.69) is 0 Å². The van der Waals surface area contributed by atoms with Crippen LogP contribution in [0.2, 0.25) is 0 Å². The molecule has 5 heteroatoms. The van der Waals surface area contributed by atoms with E-state index in [0.717, 1.165) is 11.8 Å². The van der Waals surface area contributed by atoms with Gasteiger partial charge in [-0.15, -0.1) is 0 Å². The molecule has 0 fully saturated rings. The highest BCUT2D eigenvalue weighted by Crippen LogP contribution is 2.28. The monoisotopic (exact) mass is 290 g/mol. The average Bonchev–Trinajstić information content (AvgIpc) is 2.43. The zero-order valence-electron chi connectivity index (χ0n) is 10.7. The van der Waals surface area contributed by atoms with Crippen LogP contribution in [0.5, 0.6) is 0 Å². The number of alkyl halides is 3. The Kier molecular flexibility index (Phi) is 6.42. The SMILES string of the molecule is CCC(F)(F)C(F)CCCSC(=O)c1ccccc1. The normalized spacial score (nSPS) is 13.3. The van der Waals surface area contributed by atoms with Gasteiger partial charge in [-0.1, -0.05) is 49.0 Å². The fourth-order valence-electron chi connectivity index (χ4n) is 1.52. The van der Waals surface area contributed by atoms with Crippen LogP contribution < -0.4 is 0 Å². The van der Waals surface area contributed by atoms with Crippen LogP contribution in [0, 0.1) is 0 Å². The van der Waals surface area contributed by atoms with Gasteiger partial charge in [0, 0.05) is 17.7 Å². The van der Waals surface area contributed by atoms with Crippen LogP contribution in [0.1, 0.15) is 36.5 Å². The largest absolute Gasteiger partial charge is 0.282 e. The maximum Gasteiger partial charge on any atom is 0.278 e. The molecule has 0 N–H and O–H groups in total. The number of carbonyl (C=O) groups excluding carboxylic acids is 1. The van der Waals surface area contributed by atoms with Crippen LogP contribution >= 0.6 is 11.8 Å². The highest BCUT2D eigenvalue weighted by Gasteiger charge is 2.37. The molecule has 0 spiro atoms. The Labute approximate surface area is 115 Å². The van der Waals surface area contributed by atoms with Gasteiger partial charge in [0.05, 0.1) is 0 Å². The molecular formula is C14H17F3OS. The number of carbonyl (C=O) groups is 1. The zero-order valence-corrected chi connectivity index (χ0v) is 11.6. The lowest BCUT2D eigenvalue weighted by Crippen LogP contribution is -2.29. The molecule has 0 radical (unpaired) electrons. The molecule has 1 aromatic rings. The topological polar surface area (TPSA) is 17.1 Å². The summed E-state index contributed by atoms with van der Waals surface area (Å²) >= 11 is 1.04. The van der Waals surface area contributed by atoms with Crippen molar-refractivity contribution in [3.05, 3.63) is 35.9 Å². The summed E-state index contributed by atoms with van der Waals surface area (Å²) in [7, 11) is 0. The molecule has 0 saturated heterocycles. The Bertz CT molecular complexity index is 395. The molecule has 1 unspecified atom stereocenters. The summed E-state index contributed by atoms with van der Waals surface area (Å²) in [6.07, 6.45) is -2.56. The predicted molar refractivity (Wildman–Crippen MR) is 72.6 cm³/mol. The molecule has 0 saturated carbocycles. The summed E-state index contributed by atoms with van der Waals surface area (Å²) in [5.74, 6) is -2.90. The van der Waals surface area contributed by atoms with Crippen molar-refractivity contribution in [1.82, 2.24) is 0 Å². The van der Waals surface area contributed by atoms with E-state index in [1.54, 1.807) is 24.3 Å². The molecule has 1 rings (SSSR count). The molecule has 0 aromatic heterocycles. The van der Waals surface area contributed by atoms with Crippen LogP contribution in [0.25, 0.3) is 0 Å². The van der Waals surface area contributed by atoms with Crippen molar-refractivity contribution in [1.29, 1.82) is 0 Å². The van der Waals surface area contributed by atoms with Gasteiger partial charge in [-0.2, -0.15) is 0 Å². The lowest BCUT2D eigenvalue weighted by molar-refractivity contribution is -0.0773. The standard InChI is InChI=1S/C14H17F3OS/c1-2-14(16,17)12(15)9-6-10-19-13(18)11-7-4-3-5-8-11/h3-5,7-8,12H,2,6,9-10H2,1H3. The molecule has 1 nitrogen and oxygen atoms in total. The Morgan fingerprint density at radius 3 is 2.53 bits per heavy atom. The Morgan fingerprint density at radius 2 is 1.95 bits per heavy atom. The maximum absolute atomic E-state index is 13.2. The van der Waals surface area contributed by atoms with Gasteiger partial charge in [0.2, 0.25) is 5.12 Å². The van der Waals surface area contributed by atoms with Gasteiger partial charge in [-0.3, -0.25) is 4.79 Å². The van der Waals surface area contributed by atoms with E-state index >= 15 is 0 Å². The average molecular weight is 290 g/mol. The Morgan fingerprint density at radius 1 is 1.32 bits per heavy atom. The number of halogens is 3. The molecule has 0 bridgehead atoms. The van der Waals surface area contributed by atoms with E-state index in [0.29, 0.717) is 11.3 Å². The van der Waals surface area contributed by atoms with Gasteiger partial charge in [0.1, 0.15) is 0 Å². The molecule has 106 valence electrons. The summed E-state index contributed by atoms with van der Waals surface area (Å²) < 4.78 is 39.1. The summed E-state index contributed by atoms with van der Waals surface area (Å²) in [6, 6.07) is 8.71. The quantitative estimate of drug-likeness (QED) is 0.676. The van der Waals surface area contributed by atoms with E-state index in [-0.39, 0.29) is 18.0 Å². The van der Waals surface area contributed by atoms with E-state index in [4.69, 9.17) is 0 Å². The first-order valence-corrected chi connectivity index (χ1v) is 7.20. The molecule has 1 aromatic carbocycles. The number of hydrogen-bond donors (Lipinski definition) is 0. The highest BCUT2D eigenvalue weighted by molar-refractivity contribution is 8.14. The number of thioether (sulfide) groups is 1. The second-order valence-corrected chi connectivity index (χ2v) is 5.29. The minimum Gasteiger partial charge on any atom is -0.282 e. The van der Waals surface area contributed by atoms with Crippen molar-refractivity contribution in [3.63, 3.8) is 0 Å². The lowest BCUT2D eigenvalue weighted by Gasteiger charge is -2.18. The summed E-state index contributed by atoms with van der Waals surface area (Å²) in [4.78, 5) is 11.7. The van der Waals surface area contributed by atoms with Gasteiger partial charge >= 0.3 is 0 Å². The van der Waals surface area contributed by atoms with Crippen molar-refractivity contribution >= 4 is 16.9 Å². The van der Waals surface area contributed by atoms with Gasteiger partial charge in [-0.25, -0.2) is 13.2 Å². The van der Waals surface area contributed by atoms with E-state index < -0.39 is 18.5 Å². The van der Waals surface area contributed by atoms with Gasteiger partial charge in [0.15, 0.2) is 6.17 Å². The molecule has 1 atom stereocenters. The summed E-state index contributed by atoms with van der Waals surface area (Å²) in [5, 5.41) is -0.113. The first-order chi connectivity index (χ1) is 8.97. The van der Waals surface area contributed by atoms with Crippen LogP contribution in [0.3, 0.4) is 0 Å². The number of rotatable bonds is 7. The van der Waals surface area contributed by atoms with Crippen molar-refractivity contribution in [3.8, 4) is 0 Å². The lowest BCUT2D eigenvalue weighted by atomic mass is 10.1. The third-order valence-corrected chi connectivity index (χ3v) is 3.76. The van der Waals surface area contributed by atoms with Crippen molar-refractivity contribution in [2.75, 3.05) is 5.75 Å². The Balaban J connectivity index is 2.27. The zero-order chi connectivity index (χ0) is 14.3. The van der Waals surface area contributed by atoms with Crippen LogP contribution in [-0.2, 0) is 0 Å². The number of benzene rings is 1. The number of hydrogen-bond acceptors (Lipinski definition) is 2. The van der Waals surface area contributed by atoms with E-state index in [1.807, 2.05) is 6.07 Å². The van der Waals surface area contributed by atoms with Crippen molar-refractivity contribution in [2.24, 2.45) is 0 Å².